The maximum atomic E-state index is 4.90. The molecule has 0 fully saturated rings. The molecule has 0 aliphatic heterocycles. The van der Waals surface area contributed by atoms with Crippen molar-refractivity contribution >= 4 is 34.0 Å². The zero-order chi connectivity index (χ0) is 20.0. The van der Waals surface area contributed by atoms with Crippen molar-refractivity contribution in [1.82, 2.24) is 29.3 Å². The van der Waals surface area contributed by atoms with Gasteiger partial charge in [-0.3, -0.25) is 9.25 Å². The molecule has 5 aromatic rings. The topological polar surface area (TPSA) is 73.5 Å². The molecule has 0 spiro atoms. The number of rotatable bonds is 4. The van der Waals surface area contributed by atoms with Crippen LogP contribution in [-0.4, -0.2) is 29.3 Å². The number of fused-ring (bicyclic) bond motifs is 1. The fourth-order valence-electron chi connectivity index (χ4n) is 3.44. The number of benzene rings is 1. The van der Waals surface area contributed by atoms with E-state index in [1.165, 1.54) is 0 Å². The molecule has 29 heavy (non-hydrogen) atoms. The first-order chi connectivity index (χ1) is 14.1. The molecule has 0 saturated heterocycles. The molecule has 0 bridgehead atoms. The average Bonchev–Trinajstić information content (AvgIpc) is 3.43. The summed E-state index contributed by atoms with van der Waals surface area (Å²) in [7, 11) is 1.93. The zero-order valence-electron chi connectivity index (χ0n) is 16.3. The second-order valence-electron chi connectivity index (χ2n) is 6.82. The molecule has 5 rings (SSSR count). The van der Waals surface area contributed by atoms with Gasteiger partial charge in [0.1, 0.15) is 6.33 Å². The van der Waals surface area contributed by atoms with Gasteiger partial charge >= 0.3 is 0 Å². The fraction of sp³-hybridized carbons (Fsp3) is 0.143. The lowest BCUT2D eigenvalue weighted by molar-refractivity contribution is 0.731. The lowest BCUT2D eigenvalue weighted by Crippen LogP contribution is -2.02. The van der Waals surface area contributed by atoms with Crippen molar-refractivity contribution in [3.63, 3.8) is 0 Å². The first kappa shape index (κ1) is 17.6. The summed E-state index contributed by atoms with van der Waals surface area (Å²) in [4.78, 5) is 14.4. The van der Waals surface area contributed by atoms with Crippen LogP contribution < -0.4 is 5.32 Å². The third kappa shape index (κ3) is 2.98. The quantitative estimate of drug-likeness (QED) is 0.475. The Morgan fingerprint density at radius 1 is 1.03 bits per heavy atom. The van der Waals surface area contributed by atoms with Crippen LogP contribution in [0, 0.1) is 13.8 Å². The largest absolute Gasteiger partial charge is 0.338 e. The van der Waals surface area contributed by atoms with E-state index < -0.39 is 0 Å². The second kappa shape index (κ2) is 6.82. The molecule has 0 atom stereocenters. The standard InChI is InChI=1S/C21H19N7S/c1-13-17(14(2)27(3)26-13)19-24-20(23-15-7-5-4-6-8-15)18-21(25-19)28(12-22-18)16-9-10-29-11-16/h4-12H,1-3H3,(H,23,24,25). The van der Waals surface area contributed by atoms with E-state index >= 15 is 0 Å². The van der Waals surface area contributed by atoms with Gasteiger partial charge in [0.15, 0.2) is 22.8 Å². The summed E-state index contributed by atoms with van der Waals surface area (Å²) < 4.78 is 3.85. The number of hydrogen-bond donors (Lipinski definition) is 1. The highest BCUT2D eigenvalue weighted by Gasteiger charge is 2.20. The monoisotopic (exact) mass is 401 g/mol. The Bertz CT molecular complexity index is 1300. The summed E-state index contributed by atoms with van der Waals surface area (Å²) in [5.41, 5.74) is 6.34. The summed E-state index contributed by atoms with van der Waals surface area (Å²) in [5, 5.41) is 12.1. The van der Waals surface area contributed by atoms with Gasteiger partial charge in [-0.2, -0.15) is 16.4 Å². The number of hydrogen-bond acceptors (Lipinski definition) is 6. The highest BCUT2D eigenvalue weighted by molar-refractivity contribution is 7.08. The molecular weight excluding hydrogens is 382 g/mol. The first-order valence-electron chi connectivity index (χ1n) is 9.22. The summed E-state index contributed by atoms with van der Waals surface area (Å²) >= 11 is 1.64. The van der Waals surface area contributed by atoms with Crippen LogP contribution in [0.25, 0.3) is 28.2 Å². The van der Waals surface area contributed by atoms with Gasteiger partial charge in [0, 0.05) is 23.8 Å². The van der Waals surface area contributed by atoms with Gasteiger partial charge in [-0.15, -0.1) is 0 Å². The summed E-state index contributed by atoms with van der Waals surface area (Å²) in [6, 6.07) is 12.0. The van der Waals surface area contributed by atoms with Gasteiger partial charge in [-0.1, -0.05) is 18.2 Å². The lowest BCUT2D eigenvalue weighted by Gasteiger charge is -2.10. The minimum atomic E-state index is 0.635. The molecule has 4 heterocycles. The van der Waals surface area contributed by atoms with Crippen LogP contribution in [0.5, 0.6) is 0 Å². The Hall–Kier alpha value is -3.52. The number of anilines is 2. The summed E-state index contributed by atoms with van der Waals surface area (Å²) in [6.45, 7) is 4.01. The van der Waals surface area contributed by atoms with E-state index in [1.807, 2.05) is 65.9 Å². The van der Waals surface area contributed by atoms with E-state index in [0.29, 0.717) is 11.6 Å². The zero-order valence-corrected chi connectivity index (χ0v) is 17.1. The predicted octanol–water partition coefficient (Wildman–Crippen LogP) is 4.64. The number of aryl methyl sites for hydroxylation is 2. The van der Waals surface area contributed by atoms with Gasteiger partial charge in [0.05, 0.1) is 16.9 Å². The van der Waals surface area contributed by atoms with Crippen molar-refractivity contribution in [3.05, 3.63) is 64.9 Å². The van der Waals surface area contributed by atoms with Crippen LogP contribution in [0.4, 0.5) is 11.5 Å². The molecule has 0 aliphatic carbocycles. The molecule has 1 N–H and O–H groups in total. The highest BCUT2D eigenvalue weighted by Crippen LogP contribution is 2.30. The molecule has 0 amide bonds. The molecule has 1 aromatic carbocycles. The van der Waals surface area contributed by atoms with Crippen molar-refractivity contribution < 1.29 is 0 Å². The van der Waals surface area contributed by atoms with Crippen LogP contribution in [0.15, 0.2) is 53.5 Å². The Morgan fingerprint density at radius 3 is 2.55 bits per heavy atom. The number of imidazole rings is 1. The number of nitrogens with zero attached hydrogens (tertiary/aromatic N) is 6. The third-order valence-corrected chi connectivity index (χ3v) is 5.62. The Morgan fingerprint density at radius 2 is 1.86 bits per heavy atom. The molecular formula is C21H19N7S. The Balaban J connectivity index is 1.76. The summed E-state index contributed by atoms with van der Waals surface area (Å²) in [5.74, 6) is 1.31. The predicted molar refractivity (Wildman–Crippen MR) is 116 cm³/mol. The molecule has 7 nitrogen and oxygen atoms in total. The summed E-state index contributed by atoms with van der Waals surface area (Å²) in [6.07, 6.45) is 1.80. The number of para-hydroxylation sites is 1. The van der Waals surface area contributed by atoms with Crippen LogP contribution in [0.2, 0.25) is 0 Å². The van der Waals surface area contributed by atoms with Crippen LogP contribution in [-0.2, 0) is 7.05 Å². The molecule has 0 unspecified atom stereocenters. The van der Waals surface area contributed by atoms with Gasteiger partial charge in [0.2, 0.25) is 0 Å². The maximum absolute atomic E-state index is 4.90. The Kier molecular flexibility index (Phi) is 4.13. The van der Waals surface area contributed by atoms with Crippen molar-refractivity contribution in [1.29, 1.82) is 0 Å². The van der Waals surface area contributed by atoms with Crippen molar-refractivity contribution in [2.75, 3.05) is 5.32 Å². The molecule has 0 radical (unpaired) electrons. The minimum absolute atomic E-state index is 0.635. The third-order valence-electron chi connectivity index (χ3n) is 4.95. The first-order valence-corrected chi connectivity index (χ1v) is 10.2. The van der Waals surface area contributed by atoms with E-state index in [-0.39, 0.29) is 0 Å². The fourth-order valence-corrected chi connectivity index (χ4v) is 4.07. The van der Waals surface area contributed by atoms with Gasteiger partial charge < -0.3 is 5.32 Å². The van der Waals surface area contributed by atoms with E-state index in [1.54, 1.807) is 17.7 Å². The van der Waals surface area contributed by atoms with Crippen LogP contribution >= 0.6 is 11.3 Å². The smallest absolute Gasteiger partial charge is 0.170 e. The average molecular weight is 401 g/mol. The van der Waals surface area contributed by atoms with Gasteiger partial charge in [-0.25, -0.2) is 15.0 Å². The normalized spacial score (nSPS) is 11.3. The lowest BCUT2D eigenvalue weighted by atomic mass is 10.2. The van der Waals surface area contributed by atoms with Gasteiger partial charge in [-0.05, 0) is 37.4 Å². The molecule has 0 aliphatic rings. The molecule has 8 heteroatoms. The van der Waals surface area contributed by atoms with Gasteiger partial charge in [0.25, 0.3) is 0 Å². The molecule has 0 saturated carbocycles. The Labute approximate surface area is 171 Å². The second-order valence-corrected chi connectivity index (χ2v) is 7.60. The van der Waals surface area contributed by atoms with E-state index in [9.17, 15) is 0 Å². The van der Waals surface area contributed by atoms with Crippen molar-refractivity contribution in [2.24, 2.45) is 7.05 Å². The van der Waals surface area contributed by atoms with E-state index in [0.717, 1.165) is 39.5 Å². The van der Waals surface area contributed by atoms with Crippen LogP contribution in [0.3, 0.4) is 0 Å². The van der Waals surface area contributed by atoms with Crippen molar-refractivity contribution in [2.45, 2.75) is 13.8 Å². The number of thiophene rings is 1. The van der Waals surface area contributed by atoms with Crippen LogP contribution in [0.1, 0.15) is 11.4 Å². The number of aromatic nitrogens is 6. The molecule has 144 valence electrons. The van der Waals surface area contributed by atoms with E-state index in [2.05, 4.69) is 26.8 Å². The van der Waals surface area contributed by atoms with Crippen molar-refractivity contribution in [3.8, 4) is 17.1 Å². The number of nitrogens with one attached hydrogen (secondary N) is 1. The minimum Gasteiger partial charge on any atom is -0.338 e. The highest BCUT2D eigenvalue weighted by atomic mass is 32.1. The SMILES string of the molecule is Cc1nn(C)c(C)c1-c1nc(Nc2ccccc2)c2ncn(-c3ccsc3)c2n1. The maximum Gasteiger partial charge on any atom is 0.170 e. The van der Waals surface area contributed by atoms with E-state index in [4.69, 9.17) is 9.97 Å². The molecule has 4 aromatic heterocycles.